The molecule has 0 radical (unpaired) electrons. The Morgan fingerprint density at radius 2 is 0.794 bits per heavy atom. The number of hydrogen-bond donors (Lipinski definition) is 1. The lowest BCUT2D eigenvalue weighted by Crippen LogP contribution is -2.37. The number of hydrogen-bond acceptors (Lipinski definition) is 7. The van der Waals surface area contributed by atoms with E-state index in [-0.39, 0.29) is 32.0 Å². The zero-order valence-corrected chi connectivity index (χ0v) is 46.0. The molecule has 0 aliphatic carbocycles. The van der Waals surface area contributed by atoms with Gasteiger partial charge in [-0.05, 0) is 77.0 Å². The fraction of sp³-hybridized carbons (Fsp3) is 0.828. The second-order valence-corrected chi connectivity index (χ2v) is 21.8. The van der Waals surface area contributed by atoms with E-state index in [1.807, 2.05) is 21.1 Å². The summed E-state index contributed by atoms with van der Waals surface area (Å²) >= 11 is 0. The van der Waals surface area contributed by atoms with Crippen molar-refractivity contribution in [3.8, 4) is 0 Å². The molecule has 0 saturated heterocycles. The van der Waals surface area contributed by atoms with Gasteiger partial charge in [0.05, 0.1) is 27.7 Å². The molecule has 0 bridgehead atoms. The molecular weight excluding hydrogens is 870 g/mol. The van der Waals surface area contributed by atoms with E-state index >= 15 is 0 Å². The molecule has 2 atom stereocenters. The van der Waals surface area contributed by atoms with Crippen molar-refractivity contribution in [3.63, 3.8) is 0 Å². The van der Waals surface area contributed by atoms with E-state index in [1.54, 1.807) is 0 Å². The molecule has 68 heavy (non-hydrogen) atoms. The van der Waals surface area contributed by atoms with Gasteiger partial charge in [0.25, 0.3) is 0 Å². The number of phosphoric ester groups is 1. The molecule has 0 aliphatic rings. The van der Waals surface area contributed by atoms with Gasteiger partial charge in [0.1, 0.15) is 19.8 Å². The maximum Gasteiger partial charge on any atom is 0.472 e. The number of nitrogens with zero attached hydrogens (tertiary/aromatic N) is 1. The van der Waals surface area contributed by atoms with Gasteiger partial charge in [-0.15, -0.1) is 0 Å². The van der Waals surface area contributed by atoms with Gasteiger partial charge in [-0.2, -0.15) is 0 Å². The number of unbranched alkanes of at least 4 members (excludes halogenated alkanes) is 30. The summed E-state index contributed by atoms with van der Waals surface area (Å²) in [5.41, 5.74) is 0. The van der Waals surface area contributed by atoms with Crippen molar-refractivity contribution in [3.05, 3.63) is 48.6 Å². The smallest absolute Gasteiger partial charge is 0.462 e. The van der Waals surface area contributed by atoms with Crippen LogP contribution in [0.3, 0.4) is 0 Å². The van der Waals surface area contributed by atoms with Crippen molar-refractivity contribution in [2.75, 3.05) is 47.5 Å². The van der Waals surface area contributed by atoms with Crippen LogP contribution in [-0.2, 0) is 32.7 Å². The van der Waals surface area contributed by atoms with Crippen molar-refractivity contribution >= 4 is 19.8 Å². The first-order valence-electron chi connectivity index (χ1n) is 28.4. The molecule has 9 nitrogen and oxygen atoms in total. The number of ether oxygens (including phenoxy) is 2. The van der Waals surface area contributed by atoms with Crippen LogP contribution in [0.5, 0.6) is 0 Å². The van der Waals surface area contributed by atoms with Crippen LogP contribution in [0.4, 0.5) is 0 Å². The first kappa shape index (κ1) is 66.0. The molecule has 0 aromatic heterocycles. The van der Waals surface area contributed by atoms with E-state index in [0.717, 1.165) is 64.2 Å². The van der Waals surface area contributed by atoms with Crippen molar-refractivity contribution in [1.82, 2.24) is 0 Å². The first-order valence-corrected chi connectivity index (χ1v) is 29.9. The second kappa shape index (κ2) is 49.9. The van der Waals surface area contributed by atoms with Crippen LogP contribution >= 0.6 is 7.82 Å². The number of likely N-dealkylation sites (N-methyl/N-ethyl adjacent to an activating group) is 1. The standard InChI is InChI=1S/C58H108NO8P/c1-6-8-10-12-14-16-18-20-21-22-23-24-25-26-27-28-29-30-31-32-33-34-35-36-37-39-41-43-45-47-49-51-58(61)67-56(55-66-68(62,63)65-53-52-59(3,4)5)54-64-57(60)50-48-46-44-42-40-38-19-17-15-13-11-9-7-2/h17-20,22-23,25-26,56H,6-16,21,24,27-55H2,1-5H3/p+1/b19-17-,20-18-,23-22-,26-25-. The van der Waals surface area contributed by atoms with Gasteiger partial charge < -0.3 is 18.9 Å². The summed E-state index contributed by atoms with van der Waals surface area (Å²) in [7, 11) is 1.48. The zero-order valence-electron chi connectivity index (χ0n) is 45.1. The normalized spacial score (nSPS) is 13.7. The van der Waals surface area contributed by atoms with E-state index < -0.39 is 26.5 Å². The van der Waals surface area contributed by atoms with Crippen LogP contribution in [0.2, 0.25) is 0 Å². The van der Waals surface area contributed by atoms with Crippen LogP contribution in [0.15, 0.2) is 48.6 Å². The third-order valence-corrected chi connectivity index (χ3v) is 13.3. The maximum absolute atomic E-state index is 12.8. The minimum Gasteiger partial charge on any atom is -0.462 e. The fourth-order valence-electron chi connectivity index (χ4n) is 7.90. The average molecular weight is 979 g/mol. The van der Waals surface area contributed by atoms with Crippen LogP contribution in [-0.4, -0.2) is 74.9 Å². The highest BCUT2D eigenvalue weighted by atomic mass is 31.2. The van der Waals surface area contributed by atoms with Crippen molar-refractivity contribution in [2.45, 2.75) is 264 Å². The zero-order chi connectivity index (χ0) is 49.9. The molecule has 0 fully saturated rings. The van der Waals surface area contributed by atoms with Gasteiger partial charge in [0.15, 0.2) is 6.10 Å². The summed E-state index contributed by atoms with van der Waals surface area (Å²) < 4.78 is 34.5. The summed E-state index contributed by atoms with van der Waals surface area (Å²) in [6, 6.07) is 0. The molecular formula is C58H109NO8P+. The molecule has 10 heteroatoms. The largest absolute Gasteiger partial charge is 0.472 e. The number of carbonyl (C=O) groups excluding carboxylic acids is 2. The topological polar surface area (TPSA) is 108 Å². The molecule has 398 valence electrons. The van der Waals surface area contributed by atoms with E-state index in [2.05, 4.69) is 62.5 Å². The molecule has 0 aromatic rings. The lowest BCUT2D eigenvalue weighted by molar-refractivity contribution is -0.870. The molecule has 0 saturated carbocycles. The Hall–Kier alpha value is -2.03. The Bertz CT molecular complexity index is 1290. The van der Waals surface area contributed by atoms with Crippen molar-refractivity contribution in [1.29, 1.82) is 0 Å². The van der Waals surface area contributed by atoms with Crippen LogP contribution < -0.4 is 0 Å². The van der Waals surface area contributed by atoms with Crippen molar-refractivity contribution in [2.24, 2.45) is 0 Å². The Kier molecular flexibility index (Phi) is 48.4. The van der Waals surface area contributed by atoms with Gasteiger partial charge in [-0.25, -0.2) is 4.57 Å². The summed E-state index contributed by atoms with van der Waals surface area (Å²) in [5, 5.41) is 0. The lowest BCUT2D eigenvalue weighted by Gasteiger charge is -2.24. The second-order valence-electron chi connectivity index (χ2n) is 20.3. The minimum absolute atomic E-state index is 0.0307. The average Bonchev–Trinajstić information content (AvgIpc) is 3.30. The number of carbonyl (C=O) groups is 2. The summed E-state index contributed by atoms with van der Waals surface area (Å²) in [4.78, 5) is 35.6. The number of rotatable bonds is 52. The molecule has 0 heterocycles. The Balaban J connectivity index is 4.06. The summed E-state index contributed by atoms with van der Waals surface area (Å²) in [6.45, 7) is 4.41. The summed E-state index contributed by atoms with van der Waals surface area (Å²) in [6.07, 6.45) is 61.9. The van der Waals surface area contributed by atoms with Crippen LogP contribution in [0.1, 0.15) is 258 Å². The van der Waals surface area contributed by atoms with Crippen LogP contribution in [0, 0.1) is 0 Å². The Morgan fingerprint density at radius 1 is 0.456 bits per heavy atom. The molecule has 0 amide bonds. The number of phosphoric acid groups is 1. The van der Waals surface area contributed by atoms with Crippen molar-refractivity contribution < 1.29 is 42.1 Å². The molecule has 0 aliphatic heterocycles. The number of esters is 2. The SMILES string of the molecule is CCCCCC/C=C\CCCCCCCC(=O)OCC(COP(=O)(O)OCC[N+](C)(C)C)OC(=O)CCCCCCCCCCCCCCCCCC/C=C\C/C=C\C/C=C\CCCCCCC. The first-order chi connectivity index (χ1) is 33.0. The summed E-state index contributed by atoms with van der Waals surface area (Å²) in [5.74, 6) is -0.801. The van der Waals surface area contributed by atoms with E-state index in [1.165, 1.54) is 161 Å². The minimum atomic E-state index is -4.38. The van der Waals surface area contributed by atoms with Gasteiger partial charge in [0.2, 0.25) is 0 Å². The molecule has 1 N–H and O–H groups in total. The maximum atomic E-state index is 12.8. The van der Waals surface area contributed by atoms with Gasteiger partial charge in [-0.3, -0.25) is 18.6 Å². The highest BCUT2D eigenvalue weighted by Crippen LogP contribution is 2.43. The lowest BCUT2D eigenvalue weighted by atomic mass is 10.0. The van der Waals surface area contributed by atoms with Gasteiger partial charge >= 0.3 is 19.8 Å². The predicted octanol–water partition coefficient (Wildman–Crippen LogP) is 17.4. The van der Waals surface area contributed by atoms with Crippen LogP contribution in [0.25, 0.3) is 0 Å². The third kappa shape index (κ3) is 53.3. The molecule has 0 spiro atoms. The van der Waals surface area contributed by atoms with E-state index in [0.29, 0.717) is 17.4 Å². The fourth-order valence-corrected chi connectivity index (χ4v) is 8.64. The van der Waals surface area contributed by atoms with E-state index in [4.69, 9.17) is 18.5 Å². The highest BCUT2D eigenvalue weighted by molar-refractivity contribution is 7.47. The van der Waals surface area contributed by atoms with E-state index in [9.17, 15) is 19.0 Å². The van der Waals surface area contributed by atoms with Gasteiger partial charge in [0, 0.05) is 12.8 Å². The Morgan fingerprint density at radius 3 is 1.21 bits per heavy atom. The molecule has 2 unspecified atom stereocenters. The number of allylic oxidation sites excluding steroid dienone is 8. The van der Waals surface area contributed by atoms with Gasteiger partial charge in [-0.1, -0.05) is 217 Å². The third-order valence-electron chi connectivity index (χ3n) is 12.3. The monoisotopic (exact) mass is 979 g/mol. The Labute approximate surface area is 420 Å². The number of quaternary nitrogens is 1. The quantitative estimate of drug-likeness (QED) is 0.0211. The molecule has 0 aromatic carbocycles. The predicted molar refractivity (Wildman–Crippen MR) is 289 cm³/mol. The highest BCUT2D eigenvalue weighted by Gasteiger charge is 2.27. The molecule has 0 rings (SSSR count).